The monoisotopic (exact) mass is 500 g/mol. The molecule has 0 aliphatic rings. The molecule has 0 aromatic heterocycles. The predicted molar refractivity (Wildman–Crippen MR) is 133 cm³/mol. The summed E-state index contributed by atoms with van der Waals surface area (Å²) in [6, 6.07) is 14.3. The van der Waals surface area contributed by atoms with Crippen LogP contribution in [0.25, 0.3) is 0 Å². The van der Waals surface area contributed by atoms with Crippen LogP contribution in [0.15, 0.2) is 59.5 Å². The quantitative estimate of drug-likeness (QED) is 0.417. The van der Waals surface area contributed by atoms with Gasteiger partial charge in [0.1, 0.15) is 4.90 Å². The predicted octanol–water partition coefficient (Wildman–Crippen LogP) is 5.50. The van der Waals surface area contributed by atoms with Crippen molar-refractivity contribution in [1.29, 1.82) is 0 Å². The highest BCUT2D eigenvalue weighted by atomic mass is 35.5. The zero-order valence-corrected chi connectivity index (χ0v) is 20.8. The highest BCUT2D eigenvalue weighted by Gasteiger charge is 2.22. The number of hydrogen-bond acceptors (Lipinski definition) is 5. The molecule has 0 atom stereocenters. The minimum atomic E-state index is -4.07. The van der Waals surface area contributed by atoms with Crippen molar-refractivity contribution in [2.75, 3.05) is 16.6 Å². The molecule has 7 nitrogen and oxygen atoms in total. The van der Waals surface area contributed by atoms with Crippen molar-refractivity contribution in [3.8, 4) is 0 Å². The van der Waals surface area contributed by atoms with E-state index in [4.69, 9.17) is 16.3 Å². The molecule has 9 heteroatoms. The van der Waals surface area contributed by atoms with Gasteiger partial charge in [0.05, 0.1) is 22.9 Å². The van der Waals surface area contributed by atoms with Gasteiger partial charge in [0.2, 0.25) is 0 Å². The number of anilines is 2. The molecule has 0 radical (unpaired) electrons. The molecule has 0 fully saturated rings. The normalized spacial score (nSPS) is 11.1. The second-order valence-corrected chi connectivity index (χ2v) is 9.78. The molecule has 0 aliphatic carbocycles. The average molecular weight is 501 g/mol. The Morgan fingerprint density at radius 1 is 0.971 bits per heavy atom. The zero-order chi connectivity index (χ0) is 25.0. The van der Waals surface area contributed by atoms with Crippen molar-refractivity contribution in [3.63, 3.8) is 0 Å². The van der Waals surface area contributed by atoms with Gasteiger partial charge >= 0.3 is 5.97 Å². The fourth-order valence-corrected chi connectivity index (χ4v) is 4.94. The molecule has 0 saturated carbocycles. The van der Waals surface area contributed by atoms with Gasteiger partial charge in [-0.2, -0.15) is 0 Å². The second kappa shape index (κ2) is 10.3. The SMILES string of the molecule is CCOC(=O)c1cccc(NC(=O)c2ccc(Cl)c(S(=O)(=O)Nc3cc(C)ccc3C)c2)c1C. The maximum atomic E-state index is 13.1. The fourth-order valence-electron chi connectivity index (χ4n) is 3.29. The molecule has 178 valence electrons. The van der Waals surface area contributed by atoms with Gasteiger partial charge < -0.3 is 10.1 Å². The molecule has 3 rings (SSSR count). The Labute approximate surface area is 204 Å². The van der Waals surface area contributed by atoms with Crippen LogP contribution in [0, 0.1) is 20.8 Å². The van der Waals surface area contributed by atoms with Gasteiger partial charge in [-0.3, -0.25) is 9.52 Å². The van der Waals surface area contributed by atoms with Crippen molar-refractivity contribution in [2.45, 2.75) is 32.6 Å². The van der Waals surface area contributed by atoms with E-state index in [1.807, 2.05) is 19.1 Å². The van der Waals surface area contributed by atoms with Gasteiger partial charge in [0, 0.05) is 11.3 Å². The first kappa shape index (κ1) is 25.3. The standard InChI is InChI=1S/C25H25ClN2O5S/c1-5-33-25(30)19-7-6-8-21(17(19)4)27-24(29)18-11-12-20(26)23(14-18)34(31,32)28-22-13-15(2)9-10-16(22)3/h6-14,28H,5H2,1-4H3,(H,27,29). The van der Waals surface area contributed by atoms with E-state index in [-0.39, 0.29) is 22.1 Å². The highest BCUT2D eigenvalue weighted by molar-refractivity contribution is 7.92. The summed E-state index contributed by atoms with van der Waals surface area (Å²) >= 11 is 6.19. The number of amides is 1. The fraction of sp³-hybridized carbons (Fsp3) is 0.200. The smallest absolute Gasteiger partial charge is 0.338 e. The van der Waals surface area contributed by atoms with Crippen LogP contribution in [0.5, 0.6) is 0 Å². The number of hydrogen-bond donors (Lipinski definition) is 2. The van der Waals surface area contributed by atoms with Crippen LogP contribution >= 0.6 is 11.6 Å². The Kier molecular flexibility index (Phi) is 7.64. The second-order valence-electron chi connectivity index (χ2n) is 7.72. The lowest BCUT2D eigenvalue weighted by atomic mass is 10.1. The van der Waals surface area contributed by atoms with Crippen LogP contribution in [0.1, 0.15) is 44.3 Å². The Morgan fingerprint density at radius 3 is 2.41 bits per heavy atom. The van der Waals surface area contributed by atoms with Gasteiger partial charge in [-0.25, -0.2) is 13.2 Å². The van der Waals surface area contributed by atoms with Crippen molar-refractivity contribution in [1.82, 2.24) is 0 Å². The van der Waals surface area contributed by atoms with Crippen molar-refractivity contribution in [3.05, 3.63) is 87.4 Å². The highest BCUT2D eigenvalue weighted by Crippen LogP contribution is 2.28. The summed E-state index contributed by atoms with van der Waals surface area (Å²) in [5, 5.41) is 2.70. The van der Waals surface area contributed by atoms with Gasteiger partial charge in [-0.1, -0.05) is 29.8 Å². The molecule has 0 aliphatic heterocycles. The van der Waals surface area contributed by atoms with Crippen LogP contribution < -0.4 is 10.0 Å². The van der Waals surface area contributed by atoms with E-state index in [1.165, 1.54) is 18.2 Å². The first-order valence-corrected chi connectivity index (χ1v) is 12.4. The summed E-state index contributed by atoms with van der Waals surface area (Å²) in [6.07, 6.45) is 0. The molecule has 3 aromatic carbocycles. The maximum absolute atomic E-state index is 13.1. The minimum absolute atomic E-state index is 0.0187. The summed E-state index contributed by atoms with van der Waals surface area (Å²) in [4.78, 5) is 24.9. The maximum Gasteiger partial charge on any atom is 0.338 e. The lowest BCUT2D eigenvalue weighted by molar-refractivity contribution is 0.0525. The number of esters is 1. The van der Waals surface area contributed by atoms with Crippen LogP contribution in [-0.4, -0.2) is 26.9 Å². The zero-order valence-electron chi connectivity index (χ0n) is 19.2. The summed E-state index contributed by atoms with van der Waals surface area (Å²) < 4.78 is 33.7. The molecule has 1 amide bonds. The Bertz CT molecular complexity index is 1370. The number of aryl methyl sites for hydroxylation is 2. The first-order chi connectivity index (χ1) is 16.0. The van der Waals surface area contributed by atoms with Crippen molar-refractivity contribution in [2.24, 2.45) is 0 Å². The number of halogens is 1. The van der Waals surface area contributed by atoms with E-state index >= 15 is 0 Å². The summed E-state index contributed by atoms with van der Waals surface area (Å²) in [7, 11) is -4.07. The third-order valence-corrected chi connectivity index (χ3v) is 7.04. The molecule has 34 heavy (non-hydrogen) atoms. The lowest BCUT2D eigenvalue weighted by Gasteiger charge is -2.14. The van der Waals surface area contributed by atoms with Gasteiger partial charge in [0.15, 0.2) is 0 Å². The minimum Gasteiger partial charge on any atom is -0.462 e. The Morgan fingerprint density at radius 2 is 1.71 bits per heavy atom. The topological polar surface area (TPSA) is 102 Å². The average Bonchev–Trinajstić information content (AvgIpc) is 2.77. The van der Waals surface area contributed by atoms with Crippen LogP contribution in [0.3, 0.4) is 0 Å². The third-order valence-electron chi connectivity index (χ3n) is 5.20. The molecule has 0 heterocycles. The molecular weight excluding hydrogens is 476 g/mol. The Hall–Kier alpha value is -3.36. The van der Waals surface area contributed by atoms with Gasteiger partial charge in [-0.15, -0.1) is 0 Å². The van der Waals surface area contributed by atoms with E-state index in [0.717, 1.165) is 11.1 Å². The van der Waals surface area contributed by atoms with Gasteiger partial charge in [-0.05, 0) is 80.8 Å². The summed E-state index contributed by atoms with van der Waals surface area (Å²) in [5.74, 6) is -1.04. The number of rotatable bonds is 7. The van der Waals surface area contributed by atoms with Crippen LogP contribution in [0.4, 0.5) is 11.4 Å². The summed E-state index contributed by atoms with van der Waals surface area (Å²) in [5.41, 5.74) is 3.43. The number of ether oxygens (including phenoxy) is 1. The number of carbonyl (C=O) groups is 2. The largest absolute Gasteiger partial charge is 0.462 e. The molecule has 0 bridgehead atoms. The van der Waals surface area contributed by atoms with Crippen LogP contribution in [0.2, 0.25) is 5.02 Å². The molecule has 0 spiro atoms. The molecular formula is C25H25ClN2O5S. The molecule has 3 aromatic rings. The van der Waals surface area contributed by atoms with Crippen LogP contribution in [-0.2, 0) is 14.8 Å². The molecule has 0 saturated heterocycles. The molecule has 2 N–H and O–H groups in total. The van der Waals surface area contributed by atoms with Gasteiger partial charge in [0.25, 0.3) is 15.9 Å². The van der Waals surface area contributed by atoms with Crippen molar-refractivity contribution >= 4 is 44.9 Å². The van der Waals surface area contributed by atoms with E-state index in [2.05, 4.69) is 10.0 Å². The Balaban J connectivity index is 1.90. The number of carbonyl (C=O) groups excluding carboxylic acids is 2. The van der Waals surface area contributed by atoms with Crippen molar-refractivity contribution < 1.29 is 22.7 Å². The van der Waals surface area contributed by atoms with E-state index < -0.39 is 21.9 Å². The number of nitrogens with one attached hydrogen (secondary N) is 2. The number of benzene rings is 3. The third kappa shape index (κ3) is 5.58. The first-order valence-electron chi connectivity index (χ1n) is 10.5. The van der Waals surface area contributed by atoms with E-state index in [9.17, 15) is 18.0 Å². The summed E-state index contributed by atoms with van der Waals surface area (Å²) in [6.45, 7) is 7.27. The van der Waals surface area contributed by atoms with E-state index in [1.54, 1.807) is 45.0 Å². The molecule has 0 unspecified atom stereocenters. The lowest BCUT2D eigenvalue weighted by Crippen LogP contribution is -2.18. The van der Waals surface area contributed by atoms with E-state index in [0.29, 0.717) is 22.5 Å². The number of sulfonamides is 1.